The molecule has 1 aliphatic carbocycles. The normalized spacial score (nSPS) is 36.2. The van der Waals surface area contributed by atoms with Crippen molar-refractivity contribution >= 4 is 23.4 Å². The van der Waals surface area contributed by atoms with Gasteiger partial charge in [-0.25, -0.2) is 0 Å². The molecule has 8 atom stereocenters. The number of rotatable bonds is 7. The highest BCUT2D eigenvalue weighted by molar-refractivity contribution is 6.02. The second-order valence-corrected chi connectivity index (χ2v) is 11.9. The summed E-state index contributed by atoms with van der Waals surface area (Å²) < 4.78 is 6.43. The molecule has 0 aromatic heterocycles. The number of nitrogens with zero attached hydrogens (tertiary/aromatic N) is 1. The van der Waals surface area contributed by atoms with Gasteiger partial charge in [0.1, 0.15) is 11.6 Å². The second kappa shape index (κ2) is 9.90. The van der Waals surface area contributed by atoms with Crippen molar-refractivity contribution in [1.82, 2.24) is 10.2 Å². The van der Waals surface area contributed by atoms with Gasteiger partial charge in [-0.2, -0.15) is 0 Å². The quantitative estimate of drug-likeness (QED) is 0.540. The van der Waals surface area contributed by atoms with Crippen LogP contribution in [0.5, 0.6) is 0 Å². The average Bonchev–Trinajstić information content (AvgIpc) is 3.50. The number of ether oxygens (including phenoxy) is 1. The van der Waals surface area contributed by atoms with Gasteiger partial charge in [-0.05, 0) is 48.3 Å². The van der Waals surface area contributed by atoms with Gasteiger partial charge in [-0.1, -0.05) is 71.7 Å². The van der Waals surface area contributed by atoms with Crippen LogP contribution in [0.3, 0.4) is 0 Å². The van der Waals surface area contributed by atoms with E-state index in [1.807, 2.05) is 43.3 Å². The Hall–Kier alpha value is -2.67. The number of amides is 3. The molecule has 3 amide bonds. The molecule has 3 heterocycles. The molecule has 200 valence electrons. The Kier molecular flexibility index (Phi) is 6.94. The minimum atomic E-state index is -1.10. The van der Waals surface area contributed by atoms with E-state index in [1.165, 1.54) is 12.0 Å². The number of likely N-dealkylation sites (tertiary alicyclic amines) is 1. The maximum absolute atomic E-state index is 13.9. The molecule has 7 nitrogen and oxygen atoms in total. The summed E-state index contributed by atoms with van der Waals surface area (Å²) in [5.74, 6) is -0.616. The van der Waals surface area contributed by atoms with E-state index in [-0.39, 0.29) is 23.8 Å². The van der Waals surface area contributed by atoms with Crippen LogP contribution in [0.2, 0.25) is 0 Å². The van der Waals surface area contributed by atoms with E-state index in [9.17, 15) is 14.4 Å². The maximum Gasteiger partial charge on any atom is 0.246 e. The van der Waals surface area contributed by atoms with E-state index >= 15 is 0 Å². The van der Waals surface area contributed by atoms with E-state index in [2.05, 4.69) is 38.3 Å². The van der Waals surface area contributed by atoms with Crippen molar-refractivity contribution in [2.24, 2.45) is 23.7 Å². The van der Waals surface area contributed by atoms with Crippen LogP contribution in [-0.4, -0.2) is 53.0 Å². The minimum absolute atomic E-state index is 0.0840. The lowest BCUT2D eigenvalue weighted by atomic mass is 9.73. The molecular weight excluding hydrogens is 466 g/mol. The monoisotopic (exact) mass is 507 g/mol. The fraction of sp³-hybridized carbons (Fsp3) is 0.633. The molecule has 2 bridgehead atoms. The van der Waals surface area contributed by atoms with E-state index in [0.717, 1.165) is 19.3 Å². The lowest BCUT2D eigenvalue weighted by Gasteiger charge is -2.38. The first-order valence-electron chi connectivity index (χ1n) is 14.1. The predicted octanol–water partition coefficient (Wildman–Crippen LogP) is 4.25. The molecule has 37 heavy (non-hydrogen) atoms. The van der Waals surface area contributed by atoms with Gasteiger partial charge in [0.25, 0.3) is 0 Å². The number of fused-ring (bicyclic) bond motifs is 1. The van der Waals surface area contributed by atoms with Crippen LogP contribution in [0.15, 0.2) is 36.4 Å². The lowest BCUT2D eigenvalue weighted by molar-refractivity contribution is -0.141. The van der Waals surface area contributed by atoms with E-state index in [4.69, 9.17) is 4.74 Å². The molecule has 1 aromatic rings. The van der Waals surface area contributed by atoms with Crippen LogP contribution in [0.1, 0.15) is 71.8 Å². The standard InChI is InChI=1S/C30H41N3O4/c1-6-16-33-26(28(35)32-22-9-7-8-18(4)19(22)5)30-15-14-23(37-30)24(25(30)29(33)36)27(34)31-21-12-10-20(11-13-21)17(2)3/h10-15,17-19,22-26H,6-9,16H2,1-5H3,(H,31,34)(H,32,35)/t18-,19+,22+,23-,24+,25-,26-,30-/m0/s1. The summed E-state index contributed by atoms with van der Waals surface area (Å²) in [5, 5.41) is 6.30. The van der Waals surface area contributed by atoms with E-state index in [0.29, 0.717) is 30.0 Å². The molecule has 1 spiro atoms. The predicted molar refractivity (Wildman–Crippen MR) is 143 cm³/mol. The third-order valence-electron chi connectivity index (χ3n) is 9.27. The van der Waals surface area contributed by atoms with Crippen molar-refractivity contribution in [2.45, 2.75) is 90.0 Å². The third-order valence-corrected chi connectivity index (χ3v) is 9.27. The summed E-state index contributed by atoms with van der Waals surface area (Å²) in [5.41, 5.74) is 0.786. The van der Waals surface area contributed by atoms with Crippen molar-refractivity contribution < 1.29 is 19.1 Å². The zero-order valence-electron chi connectivity index (χ0n) is 22.7. The Morgan fingerprint density at radius 1 is 1.14 bits per heavy atom. The Morgan fingerprint density at radius 2 is 1.86 bits per heavy atom. The summed E-state index contributed by atoms with van der Waals surface area (Å²) in [7, 11) is 0. The van der Waals surface area contributed by atoms with Gasteiger partial charge in [0.15, 0.2) is 0 Å². The number of carbonyl (C=O) groups excluding carboxylic acids is 3. The third kappa shape index (κ3) is 4.29. The SMILES string of the molecule is CCCN1C(=O)[C@@H]2[C@H](C(=O)Nc3ccc(C(C)C)cc3)[C@@H]3C=C[C@@]2(O3)[C@@H]1C(=O)N[C@@H]1CCC[C@H](C)[C@H]1C. The van der Waals surface area contributed by atoms with Gasteiger partial charge in [0.2, 0.25) is 17.7 Å². The first-order valence-corrected chi connectivity index (χ1v) is 14.1. The molecule has 3 fully saturated rings. The summed E-state index contributed by atoms with van der Waals surface area (Å²) in [6.07, 6.45) is 7.17. The number of hydrogen-bond acceptors (Lipinski definition) is 4. The van der Waals surface area contributed by atoms with Crippen molar-refractivity contribution in [2.75, 3.05) is 11.9 Å². The van der Waals surface area contributed by atoms with Gasteiger partial charge < -0.3 is 20.3 Å². The smallest absolute Gasteiger partial charge is 0.246 e. The number of nitrogens with one attached hydrogen (secondary N) is 2. The number of hydrogen-bond donors (Lipinski definition) is 2. The summed E-state index contributed by atoms with van der Waals surface area (Å²) in [6, 6.07) is 7.14. The van der Waals surface area contributed by atoms with Crippen LogP contribution in [0, 0.1) is 23.7 Å². The highest BCUT2D eigenvalue weighted by Gasteiger charge is 2.72. The minimum Gasteiger partial charge on any atom is -0.359 e. The maximum atomic E-state index is 13.9. The van der Waals surface area contributed by atoms with Crippen LogP contribution in [0.4, 0.5) is 5.69 Å². The lowest BCUT2D eigenvalue weighted by Crippen LogP contribution is -2.57. The Balaban J connectivity index is 1.39. The number of carbonyl (C=O) groups is 3. The summed E-state index contributed by atoms with van der Waals surface area (Å²) >= 11 is 0. The first kappa shape index (κ1) is 26.0. The highest BCUT2D eigenvalue weighted by atomic mass is 16.5. The fourth-order valence-corrected chi connectivity index (χ4v) is 6.97. The van der Waals surface area contributed by atoms with Gasteiger partial charge in [0, 0.05) is 18.3 Å². The van der Waals surface area contributed by atoms with Crippen LogP contribution < -0.4 is 10.6 Å². The molecular formula is C30H41N3O4. The average molecular weight is 508 g/mol. The molecule has 5 rings (SSSR count). The zero-order valence-corrected chi connectivity index (χ0v) is 22.7. The molecule has 1 saturated carbocycles. The van der Waals surface area contributed by atoms with Crippen molar-refractivity contribution in [3.8, 4) is 0 Å². The Labute approximate surface area is 220 Å². The Morgan fingerprint density at radius 3 is 2.54 bits per heavy atom. The van der Waals surface area contributed by atoms with Crippen LogP contribution >= 0.6 is 0 Å². The molecule has 7 heteroatoms. The number of benzene rings is 1. The van der Waals surface area contributed by atoms with Gasteiger partial charge >= 0.3 is 0 Å². The molecule has 1 aromatic carbocycles. The Bertz CT molecular complexity index is 1080. The van der Waals surface area contributed by atoms with Crippen LogP contribution in [0.25, 0.3) is 0 Å². The summed E-state index contributed by atoms with van der Waals surface area (Å²) in [4.78, 5) is 42.9. The molecule has 0 unspecified atom stereocenters. The van der Waals surface area contributed by atoms with Gasteiger partial charge in [-0.3, -0.25) is 14.4 Å². The molecule has 0 radical (unpaired) electrons. The van der Waals surface area contributed by atoms with Crippen molar-refractivity contribution in [3.05, 3.63) is 42.0 Å². The van der Waals surface area contributed by atoms with Crippen molar-refractivity contribution in [1.29, 1.82) is 0 Å². The van der Waals surface area contributed by atoms with E-state index in [1.54, 1.807) is 4.90 Å². The molecule has 4 aliphatic rings. The largest absolute Gasteiger partial charge is 0.359 e. The fourth-order valence-electron chi connectivity index (χ4n) is 6.97. The van der Waals surface area contributed by atoms with Crippen LogP contribution in [-0.2, 0) is 19.1 Å². The van der Waals surface area contributed by atoms with Gasteiger partial charge in [0.05, 0.1) is 17.9 Å². The molecule has 3 aliphatic heterocycles. The molecule has 2 saturated heterocycles. The van der Waals surface area contributed by atoms with E-state index < -0.39 is 29.6 Å². The first-order chi connectivity index (χ1) is 17.7. The topological polar surface area (TPSA) is 87.7 Å². The second-order valence-electron chi connectivity index (χ2n) is 11.9. The molecule has 2 N–H and O–H groups in total. The van der Waals surface area contributed by atoms with Crippen molar-refractivity contribution in [3.63, 3.8) is 0 Å². The summed E-state index contributed by atoms with van der Waals surface area (Å²) in [6.45, 7) is 11.1. The highest BCUT2D eigenvalue weighted by Crippen LogP contribution is 2.55. The van der Waals surface area contributed by atoms with Gasteiger partial charge in [-0.15, -0.1) is 0 Å². The zero-order chi connectivity index (χ0) is 26.5. The number of anilines is 1.